The van der Waals surface area contributed by atoms with Crippen LogP contribution in [0, 0.1) is 15.3 Å². The summed E-state index contributed by atoms with van der Waals surface area (Å²) < 4.78 is 14.1. The monoisotopic (exact) mass is 347 g/mol. The molecule has 1 N–H and O–H groups in total. The van der Waals surface area contributed by atoms with Crippen LogP contribution in [0.5, 0.6) is 0 Å². The van der Waals surface area contributed by atoms with Gasteiger partial charge in [0.15, 0.2) is 0 Å². The highest BCUT2D eigenvalue weighted by molar-refractivity contribution is 14.1. The Kier molecular flexibility index (Phi) is 4.79. The van der Waals surface area contributed by atoms with Gasteiger partial charge in [0.2, 0.25) is 0 Å². The van der Waals surface area contributed by atoms with Gasteiger partial charge in [-0.25, -0.2) is 4.39 Å². The van der Waals surface area contributed by atoms with Gasteiger partial charge < -0.3 is 5.32 Å². The molecule has 3 heteroatoms. The first-order valence-electron chi connectivity index (χ1n) is 6.39. The van der Waals surface area contributed by atoms with Gasteiger partial charge in [-0.1, -0.05) is 32.3 Å². The van der Waals surface area contributed by atoms with Crippen molar-refractivity contribution in [3.8, 4) is 0 Å². The van der Waals surface area contributed by atoms with E-state index in [1.54, 1.807) is 12.1 Å². The summed E-state index contributed by atoms with van der Waals surface area (Å²) in [6.45, 7) is 3.09. The molecule has 0 radical (unpaired) electrons. The quantitative estimate of drug-likeness (QED) is 0.785. The van der Waals surface area contributed by atoms with Gasteiger partial charge in [0.05, 0.1) is 0 Å². The highest BCUT2D eigenvalue weighted by Crippen LogP contribution is 2.35. The number of nitrogens with one attached hydrogen (secondary N) is 1. The Hall–Kier alpha value is -0.160. The smallest absolute Gasteiger partial charge is 0.124 e. The topological polar surface area (TPSA) is 12.0 Å². The second-order valence-electron chi connectivity index (χ2n) is 4.81. The number of hydrogen-bond donors (Lipinski definition) is 1. The second kappa shape index (κ2) is 6.14. The van der Waals surface area contributed by atoms with Crippen molar-refractivity contribution in [3.63, 3.8) is 0 Å². The Morgan fingerprint density at radius 1 is 1.47 bits per heavy atom. The summed E-state index contributed by atoms with van der Waals surface area (Å²) in [5, 5.41) is 3.53. The van der Waals surface area contributed by atoms with Gasteiger partial charge in [0.25, 0.3) is 0 Å². The third-order valence-corrected chi connectivity index (χ3v) is 4.52. The van der Waals surface area contributed by atoms with Crippen molar-refractivity contribution in [3.05, 3.63) is 33.1 Å². The molecule has 1 aliphatic rings. The molecule has 17 heavy (non-hydrogen) atoms. The molecule has 0 bridgehead atoms. The average Bonchev–Trinajstić information content (AvgIpc) is 2.22. The summed E-state index contributed by atoms with van der Waals surface area (Å²) >= 11 is 2.24. The summed E-state index contributed by atoms with van der Waals surface area (Å²) in [6.07, 6.45) is 5.29. The molecule has 1 fully saturated rings. The maximum Gasteiger partial charge on any atom is 0.124 e. The zero-order valence-corrected chi connectivity index (χ0v) is 12.3. The fourth-order valence-electron chi connectivity index (χ4n) is 2.41. The maximum absolute atomic E-state index is 13.1. The second-order valence-corrected chi connectivity index (χ2v) is 5.97. The van der Waals surface area contributed by atoms with E-state index in [0.717, 1.165) is 16.0 Å². The Morgan fingerprint density at radius 2 is 2.24 bits per heavy atom. The van der Waals surface area contributed by atoms with Crippen molar-refractivity contribution in [1.82, 2.24) is 5.32 Å². The van der Waals surface area contributed by atoms with Crippen LogP contribution in [0.4, 0.5) is 4.39 Å². The lowest BCUT2D eigenvalue weighted by Gasteiger charge is -2.30. The summed E-state index contributed by atoms with van der Waals surface area (Å²) in [7, 11) is 0. The first-order chi connectivity index (χ1) is 8.20. The number of benzene rings is 1. The predicted octanol–water partition coefficient (Wildman–Crippen LogP) is 4.27. The van der Waals surface area contributed by atoms with Gasteiger partial charge in [-0.3, -0.25) is 0 Å². The molecule has 0 heterocycles. The van der Waals surface area contributed by atoms with Gasteiger partial charge in [0, 0.05) is 9.61 Å². The van der Waals surface area contributed by atoms with E-state index < -0.39 is 0 Å². The molecule has 1 aromatic carbocycles. The lowest BCUT2D eigenvalue weighted by atomic mass is 9.79. The molecule has 0 aliphatic heterocycles. The molecule has 0 aromatic heterocycles. The van der Waals surface area contributed by atoms with E-state index in [-0.39, 0.29) is 5.82 Å². The minimum Gasteiger partial charge on any atom is -0.310 e. The molecule has 1 aromatic rings. The van der Waals surface area contributed by atoms with Crippen LogP contribution in [0.3, 0.4) is 0 Å². The fourth-order valence-corrected chi connectivity index (χ4v) is 3.27. The number of halogens is 2. The highest BCUT2D eigenvalue weighted by atomic mass is 127. The molecule has 1 nitrogen and oxygen atoms in total. The van der Waals surface area contributed by atoms with Gasteiger partial charge in [-0.2, -0.15) is 0 Å². The summed E-state index contributed by atoms with van der Waals surface area (Å²) in [4.78, 5) is 0. The third kappa shape index (κ3) is 3.41. The first kappa shape index (κ1) is 13.3. The van der Waals surface area contributed by atoms with E-state index in [2.05, 4.69) is 34.8 Å². The van der Waals surface area contributed by atoms with Crippen molar-refractivity contribution < 1.29 is 4.39 Å². The number of rotatable bonds is 5. The van der Waals surface area contributed by atoms with E-state index in [9.17, 15) is 4.39 Å². The van der Waals surface area contributed by atoms with Gasteiger partial charge in [0.1, 0.15) is 5.82 Å². The van der Waals surface area contributed by atoms with E-state index >= 15 is 0 Å². The van der Waals surface area contributed by atoms with Crippen molar-refractivity contribution >= 4 is 22.6 Å². The molecule has 1 aliphatic carbocycles. The Labute approximate surface area is 116 Å². The molecular weight excluding hydrogens is 328 g/mol. The van der Waals surface area contributed by atoms with Crippen LogP contribution in [-0.2, 0) is 0 Å². The standard InChI is InChI=1S/C14H19FIN/c1-2-17-14(8-10-4-3-5-10)12-7-6-11(15)9-13(12)16/h6-7,9-10,14,17H,2-5,8H2,1H3. The van der Waals surface area contributed by atoms with Gasteiger partial charge >= 0.3 is 0 Å². The van der Waals surface area contributed by atoms with Crippen molar-refractivity contribution in [1.29, 1.82) is 0 Å². The van der Waals surface area contributed by atoms with Crippen molar-refractivity contribution in [2.75, 3.05) is 6.54 Å². The van der Waals surface area contributed by atoms with Crippen molar-refractivity contribution in [2.24, 2.45) is 5.92 Å². The molecule has 94 valence electrons. The Bertz CT molecular complexity index is 376. The predicted molar refractivity (Wildman–Crippen MR) is 77.5 cm³/mol. The minimum atomic E-state index is -0.142. The van der Waals surface area contributed by atoms with Crippen molar-refractivity contribution in [2.45, 2.75) is 38.6 Å². The lowest BCUT2D eigenvalue weighted by Crippen LogP contribution is -2.26. The summed E-state index contributed by atoms with van der Waals surface area (Å²) in [5.74, 6) is 0.719. The van der Waals surface area contributed by atoms with Crippen LogP contribution in [-0.4, -0.2) is 6.54 Å². The van der Waals surface area contributed by atoms with E-state index in [1.807, 2.05) is 6.07 Å². The minimum absolute atomic E-state index is 0.142. The average molecular weight is 347 g/mol. The molecule has 1 atom stereocenters. The molecule has 0 amide bonds. The van der Waals surface area contributed by atoms with E-state index in [4.69, 9.17) is 0 Å². The zero-order chi connectivity index (χ0) is 12.3. The van der Waals surface area contributed by atoms with Gasteiger partial charge in [-0.05, 0) is 59.2 Å². The van der Waals surface area contributed by atoms with E-state index in [0.29, 0.717) is 6.04 Å². The summed E-state index contributed by atoms with van der Waals surface area (Å²) in [6, 6.07) is 5.52. The van der Waals surface area contributed by atoms with Crippen LogP contribution in [0.1, 0.15) is 44.2 Å². The molecule has 2 rings (SSSR count). The molecular formula is C14H19FIN. The normalized spacial score (nSPS) is 17.8. The Balaban J connectivity index is 2.12. The van der Waals surface area contributed by atoms with Crippen LogP contribution >= 0.6 is 22.6 Å². The Morgan fingerprint density at radius 3 is 2.76 bits per heavy atom. The highest BCUT2D eigenvalue weighted by Gasteiger charge is 2.23. The van der Waals surface area contributed by atoms with Crippen LogP contribution in [0.25, 0.3) is 0 Å². The molecule has 1 saturated carbocycles. The third-order valence-electron chi connectivity index (χ3n) is 3.58. The summed E-state index contributed by atoms with van der Waals surface area (Å²) in [5.41, 5.74) is 1.25. The fraction of sp³-hybridized carbons (Fsp3) is 0.571. The largest absolute Gasteiger partial charge is 0.310 e. The van der Waals surface area contributed by atoms with E-state index in [1.165, 1.54) is 31.2 Å². The molecule has 0 spiro atoms. The lowest BCUT2D eigenvalue weighted by molar-refractivity contribution is 0.262. The van der Waals surface area contributed by atoms with Crippen LogP contribution in [0.2, 0.25) is 0 Å². The zero-order valence-electron chi connectivity index (χ0n) is 10.2. The van der Waals surface area contributed by atoms with Crippen LogP contribution in [0.15, 0.2) is 18.2 Å². The number of hydrogen-bond acceptors (Lipinski definition) is 1. The van der Waals surface area contributed by atoms with Gasteiger partial charge in [-0.15, -0.1) is 0 Å². The van der Waals surface area contributed by atoms with Crippen LogP contribution < -0.4 is 5.32 Å². The SMILES string of the molecule is CCNC(CC1CCC1)c1ccc(F)cc1I. The molecule has 0 saturated heterocycles. The first-order valence-corrected chi connectivity index (χ1v) is 7.47. The molecule has 1 unspecified atom stereocenters. The maximum atomic E-state index is 13.1.